The van der Waals surface area contributed by atoms with Crippen molar-refractivity contribution in [3.8, 4) is 22.7 Å². The smallest absolute Gasteiger partial charge is 0.290 e. The van der Waals surface area contributed by atoms with Gasteiger partial charge in [-0.25, -0.2) is 10.1 Å². The molecule has 0 aliphatic carbocycles. The molecule has 0 aliphatic rings. The minimum absolute atomic E-state index is 0.341. The monoisotopic (exact) mass is 410 g/mol. The summed E-state index contributed by atoms with van der Waals surface area (Å²) in [5, 5.41) is 8.95. The Hall–Kier alpha value is -4.19. The number of para-hydroxylation sites is 1. The third kappa shape index (κ3) is 4.53. The average molecular weight is 410 g/mol. The van der Waals surface area contributed by atoms with E-state index in [1.807, 2.05) is 91.9 Å². The Kier molecular flexibility index (Phi) is 5.89. The summed E-state index contributed by atoms with van der Waals surface area (Å²) in [6.07, 6.45) is 0. The molecule has 0 atom stereocenters. The molecule has 0 saturated heterocycles. The Morgan fingerprint density at radius 1 is 0.935 bits per heavy atom. The molecule has 0 spiro atoms. The number of nitrogens with zero attached hydrogens (tertiary/aromatic N) is 3. The van der Waals surface area contributed by atoms with Gasteiger partial charge in [0.15, 0.2) is 0 Å². The van der Waals surface area contributed by atoms with Crippen molar-refractivity contribution in [1.29, 1.82) is 0 Å². The molecule has 154 valence electrons. The first-order valence-corrected chi connectivity index (χ1v) is 9.85. The largest absolute Gasteiger partial charge is 0.497 e. The van der Waals surface area contributed by atoms with E-state index in [-0.39, 0.29) is 5.91 Å². The zero-order valence-electron chi connectivity index (χ0n) is 17.3. The van der Waals surface area contributed by atoms with Crippen molar-refractivity contribution in [2.75, 3.05) is 7.11 Å². The van der Waals surface area contributed by atoms with Crippen LogP contribution in [0.1, 0.15) is 23.0 Å². The number of methoxy groups -OCH3 is 1. The molecule has 0 saturated carbocycles. The van der Waals surface area contributed by atoms with Crippen LogP contribution in [0, 0.1) is 0 Å². The molecule has 1 aromatic heterocycles. The summed E-state index contributed by atoms with van der Waals surface area (Å²) < 4.78 is 6.86. The molecular weight excluding hydrogens is 388 g/mol. The zero-order chi connectivity index (χ0) is 21.6. The van der Waals surface area contributed by atoms with Crippen LogP contribution in [0.3, 0.4) is 0 Å². The summed E-state index contributed by atoms with van der Waals surface area (Å²) in [4.78, 5) is 13.0. The minimum atomic E-state index is -0.341. The predicted molar refractivity (Wildman–Crippen MR) is 122 cm³/mol. The number of aromatic nitrogens is 2. The molecule has 0 fully saturated rings. The summed E-state index contributed by atoms with van der Waals surface area (Å²) in [6, 6.07) is 28.6. The highest BCUT2D eigenvalue weighted by molar-refractivity contribution is 6.00. The van der Waals surface area contributed by atoms with Crippen LogP contribution < -0.4 is 10.2 Å². The second kappa shape index (κ2) is 9.09. The van der Waals surface area contributed by atoms with E-state index in [2.05, 4.69) is 15.6 Å². The third-order valence-electron chi connectivity index (χ3n) is 4.85. The first kappa shape index (κ1) is 20.1. The second-order valence-electron chi connectivity index (χ2n) is 6.89. The van der Waals surface area contributed by atoms with Crippen molar-refractivity contribution in [2.45, 2.75) is 6.92 Å². The summed E-state index contributed by atoms with van der Waals surface area (Å²) in [5.74, 6) is 0.418. The highest BCUT2D eigenvalue weighted by Gasteiger charge is 2.17. The maximum absolute atomic E-state index is 13.0. The van der Waals surface area contributed by atoms with Crippen LogP contribution in [0.5, 0.6) is 5.75 Å². The van der Waals surface area contributed by atoms with Crippen LogP contribution in [-0.4, -0.2) is 28.5 Å². The van der Waals surface area contributed by atoms with Crippen LogP contribution in [0.4, 0.5) is 0 Å². The topological polar surface area (TPSA) is 68.5 Å². The third-order valence-corrected chi connectivity index (χ3v) is 4.85. The number of carbonyl (C=O) groups is 1. The van der Waals surface area contributed by atoms with Gasteiger partial charge >= 0.3 is 0 Å². The van der Waals surface area contributed by atoms with Crippen LogP contribution in [0.2, 0.25) is 0 Å². The fourth-order valence-corrected chi connectivity index (χ4v) is 3.15. The Balaban J connectivity index is 1.68. The second-order valence-corrected chi connectivity index (χ2v) is 6.89. The molecule has 0 aliphatic heterocycles. The number of hydrogen-bond acceptors (Lipinski definition) is 4. The molecule has 6 heteroatoms. The highest BCUT2D eigenvalue weighted by atomic mass is 16.5. The quantitative estimate of drug-likeness (QED) is 0.370. The van der Waals surface area contributed by atoms with Gasteiger partial charge in [0.2, 0.25) is 0 Å². The van der Waals surface area contributed by atoms with Gasteiger partial charge in [0, 0.05) is 5.56 Å². The van der Waals surface area contributed by atoms with Crippen LogP contribution in [0.15, 0.2) is 96.1 Å². The number of nitrogens with one attached hydrogen (secondary N) is 1. The van der Waals surface area contributed by atoms with Crippen molar-refractivity contribution in [1.82, 2.24) is 15.2 Å². The Labute approximate surface area is 180 Å². The Bertz CT molecular complexity index is 1200. The minimum Gasteiger partial charge on any atom is -0.497 e. The van der Waals surface area contributed by atoms with E-state index in [1.165, 1.54) is 0 Å². The molecule has 3 aromatic carbocycles. The number of benzene rings is 3. The van der Waals surface area contributed by atoms with Gasteiger partial charge in [-0.1, -0.05) is 48.5 Å². The number of hydrogen-bond donors (Lipinski definition) is 1. The maximum atomic E-state index is 13.0. The molecule has 1 amide bonds. The van der Waals surface area contributed by atoms with Crippen molar-refractivity contribution < 1.29 is 9.53 Å². The molecule has 1 N–H and O–H groups in total. The highest BCUT2D eigenvalue weighted by Crippen LogP contribution is 2.24. The summed E-state index contributed by atoms with van der Waals surface area (Å²) in [6.45, 7) is 1.85. The number of amides is 1. The lowest BCUT2D eigenvalue weighted by Crippen LogP contribution is -2.22. The lowest BCUT2D eigenvalue weighted by molar-refractivity contribution is 0.0947. The average Bonchev–Trinajstić information content (AvgIpc) is 3.29. The first-order valence-electron chi connectivity index (χ1n) is 9.85. The molecule has 0 bridgehead atoms. The molecule has 0 unspecified atom stereocenters. The molecule has 1 heterocycles. The number of ether oxygens (including phenoxy) is 1. The Morgan fingerprint density at radius 3 is 2.23 bits per heavy atom. The van der Waals surface area contributed by atoms with E-state index in [9.17, 15) is 4.79 Å². The van der Waals surface area contributed by atoms with Gasteiger partial charge in [0.1, 0.15) is 11.4 Å². The summed E-state index contributed by atoms with van der Waals surface area (Å²) in [5.41, 5.74) is 7.06. The first-order chi connectivity index (χ1) is 15.2. The molecule has 4 aromatic rings. The molecule has 31 heavy (non-hydrogen) atoms. The Morgan fingerprint density at radius 2 is 1.58 bits per heavy atom. The lowest BCUT2D eigenvalue weighted by Gasteiger charge is -2.07. The van der Waals surface area contributed by atoms with Gasteiger partial charge in [-0.15, -0.1) is 0 Å². The standard InChI is InChI=1S/C25H22N4O2/c1-18(19-9-5-3-6-10-19)26-27-25(30)24-17-23(20-13-15-22(31-2)16-14-20)28-29(24)21-11-7-4-8-12-21/h3-17H,1-2H3,(H,27,30). The zero-order valence-corrected chi connectivity index (χ0v) is 17.3. The number of carbonyl (C=O) groups excluding carboxylic acids is 1. The van der Waals surface area contributed by atoms with Gasteiger partial charge in [0.05, 0.1) is 24.2 Å². The predicted octanol–water partition coefficient (Wildman–Crippen LogP) is 4.70. The van der Waals surface area contributed by atoms with Crippen molar-refractivity contribution in [3.05, 3.63) is 102 Å². The maximum Gasteiger partial charge on any atom is 0.290 e. The van der Waals surface area contributed by atoms with Gasteiger partial charge < -0.3 is 4.74 Å². The van der Waals surface area contributed by atoms with Gasteiger partial charge in [-0.2, -0.15) is 10.2 Å². The fourth-order valence-electron chi connectivity index (χ4n) is 3.15. The van der Waals surface area contributed by atoms with E-state index in [0.717, 1.165) is 28.3 Å². The van der Waals surface area contributed by atoms with Gasteiger partial charge in [0.25, 0.3) is 5.91 Å². The van der Waals surface area contributed by atoms with Crippen molar-refractivity contribution >= 4 is 11.6 Å². The summed E-state index contributed by atoms with van der Waals surface area (Å²) >= 11 is 0. The molecule has 4 rings (SSSR count). The number of hydrazone groups is 1. The fraction of sp³-hybridized carbons (Fsp3) is 0.0800. The SMILES string of the molecule is COc1ccc(-c2cc(C(=O)NN=C(C)c3ccccc3)n(-c3ccccc3)n2)cc1. The van der Waals surface area contributed by atoms with Crippen LogP contribution in [-0.2, 0) is 0 Å². The normalized spacial score (nSPS) is 11.2. The van der Waals surface area contributed by atoms with Crippen LogP contribution >= 0.6 is 0 Å². The van der Waals surface area contributed by atoms with Gasteiger partial charge in [-0.3, -0.25) is 4.79 Å². The lowest BCUT2D eigenvalue weighted by atomic mass is 10.1. The van der Waals surface area contributed by atoms with Crippen molar-refractivity contribution in [2.24, 2.45) is 5.10 Å². The molecule has 0 radical (unpaired) electrons. The molecule has 6 nitrogen and oxygen atoms in total. The summed E-state index contributed by atoms with van der Waals surface area (Å²) in [7, 11) is 1.62. The van der Waals surface area contributed by atoms with E-state index >= 15 is 0 Å². The van der Waals surface area contributed by atoms with Gasteiger partial charge in [-0.05, 0) is 55.0 Å². The van der Waals surface area contributed by atoms with E-state index in [1.54, 1.807) is 17.9 Å². The van der Waals surface area contributed by atoms with Crippen LogP contribution in [0.25, 0.3) is 16.9 Å². The van der Waals surface area contributed by atoms with Crippen molar-refractivity contribution in [3.63, 3.8) is 0 Å². The number of rotatable bonds is 6. The van der Waals surface area contributed by atoms with E-state index in [0.29, 0.717) is 11.4 Å². The molecular formula is C25H22N4O2. The van der Waals surface area contributed by atoms with E-state index in [4.69, 9.17) is 4.74 Å². The van der Waals surface area contributed by atoms with E-state index < -0.39 is 0 Å².